The van der Waals surface area contributed by atoms with Crippen LogP contribution >= 0.6 is 15.9 Å². The largest absolute Gasteiger partial charge is 0.495 e. The number of hydrogen-bond donors (Lipinski definition) is 1. The Labute approximate surface area is 113 Å². The smallest absolute Gasteiger partial charge is 0.339 e. The van der Waals surface area contributed by atoms with Gasteiger partial charge in [0.2, 0.25) is 0 Å². The SMILES string of the molecule is COc1c(Br)cc(-c2ccccc2)cc1C(=O)O. The van der Waals surface area contributed by atoms with Gasteiger partial charge in [-0.15, -0.1) is 0 Å². The van der Waals surface area contributed by atoms with Crippen molar-refractivity contribution < 1.29 is 14.6 Å². The first-order valence-corrected chi connectivity index (χ1v) is 6.09. The molecule has 0 aromatic heterocycles. The first-order chi connectivity index (χ1) is 8.63. The summed E-state index contributed by atoms with van der Waals surface area (Å²) in [6.45, 7) is 0. The van der Waals surface area contributed by atoms with E-state index in [1.807, 2.05) is 36.4 Å². The minimum atomic E-state index is -1.01. The van der Waals surface area contributed by atoms with E-state index in [4.69, 9.17) is 4.74 Å². The van der Waals surface area contributed by atoms with E-state index in [9.17, 15) is 9.90 Å². The topological polar surface area (TPSA) is 46.5 Å². The van der Waals surface area contributed by atoms with E-state index in [1.165, 1.54) is 7.11 Å². The third kappa shape index (κ3) is 2.38. The molecule has 3 nitrogen and oxygen atoms in total. The molecule has 1 N–H and O–H groups in total. The Morgan fingerprint density at radius 2 is 1.83 bits per heavy atom. The molecule has 0 amide bonds. The van der Waals surface area contributed by atoms with Crippen molar-refractivity contribution in [3.05, 3.63) is 52.5 Å². The predicted octanol–water partition coefficient (Wildman–Crippen LogP) is 3.82. The minimum Gasteiger partial charge on any atom is -0.495 e. The summed E-state index contributed by atoms with van der Waals surface area (Å²) in [5.41, 5.74) is 1.94. The van der Waals surface area contributed by atoms with Crippen molar-refractivity contribution in [2.75, 3.05) is 7.11 Å². The molecule has 0 unspecified atom stereocenters. The van der Waals surface area contributed by atoms with Crippen LogP contribution in [0.15, 0.2) is 46.9 Å². The van der Waals surface area contributed by atoms with Crippen LogP contribution < -0.4 is 4.74 Å². The van der Waals surface area contributed by atoms with Gasteiger partial charge < -0.3 is 9.84 Å². The number of carboxylic acids is 1. The number of carbonyl (C=O) groups is 1. The van der Waals surface area contributed by atoms with Gasteiger partial charge in [-0.1, -0.05) is 30.3 Å². The fourth-order valence-corrected chi connectivity index (χ4v) is 2.38. The highest BCUT2D eigenvalue weighted by Crippen LogP contribution is 2.34. The van der Waals surface area contributed by atoms with Crippen molar-refractivity contribution in [1.29, 1.82) is 0 Å². The zero-order chi connectivity index (χ0) is 13.1. The van der Waals surface area contributed by atoms with E-state index >= 15 is 0 Å². The number of hydrogen-bond acceptors (Lipinski definition) is 2. The second kappa shape index (κ2) is 5.23. The fourth-order valence-electron chi connectivity index (χ4n) is 1.76. The number of halogens is 1. The molecule has 0 fully saturated rings. The maximum atomic E-state index is 11.2. The second-order valence-electron chi connectivity index (χ2n) is 3.71. The summed E-state index contributed by atoms with van der Waals surface area (Å²) in [6, 6.07) is 13.1. The number of carboxylic acid groups (broad SMARTS) is 1. The van der Waals surface area contributed by atoms with E-state index in [2.05, 4.69) is 15.9 Å². The van der Waals surface area contributed by atoms with Crippen LogP contribution in [0.2, 0.25) is 0 Å². The molecule has 0 spiro atoms. The standard InChI is InChI=1S/C14H11BrO3/c1-18-13-11(14(16)17)7-10(8-12(13)15)9-5-3-2-4-6-9/h2-8H,1H3,(H,16,17). The van der Waals surface area contributed by atoms with Crippen LogP contribution in [0.3, 0.4) is 0 Å². The molecule has 0 heterocycles. The zero-order valence-electron chi connectivity index (χ0n) is 9.68. The third-order valence-corrected chi connectivity index (χ3v) is 3.17. The minimum absolute atomic E-state index is 0.144. The highest BCUT2D eigenvalue weighted by Gasteiger charge is 2.16. The van der Waals surface area contributed by atoms with Gasteiger partial charge in [0.1, 0.15) is 11.3 Å². The van der Waals surface area contributed by atoms with E-state index in [1.54, 1.807) is 6.07 Å². The van der Waals surface area contributed by atoms with Crippen LogP contribution in [0.5, 0.6) is 5.75 Å². The molecule has 0 aliphatic carbocycles. The van der Waals surface area contributed by atoms with Gasteiger partial charge in [0, 0.05) is 0 Å². The Kier molecular flexibility index (Phi) is 3.67. The van der Waals surface area contributed by atoms with Crippen LogP contribution in [0.4, 0.5) is 0 Å². The van der Waals surface area contributed by atoms with Gasteiger partial charge in [-0.2, -0.15) is 0 Å². The van der Waals surface area contributed by atoms with Crippen LogP contribution in [0.25, 0.3) is 11.1 Å². The molecule has 18 heavy (non-hydrogen) atoms. The molecule has 4 heteroatoms. The van der Waals surface area contributed by atoms with Crippen molar-refractivity contribution in [3.63, 3.8) is 0 Å². The molecule has 2 aromatic rings. The number of benzene rings is 2. The maximum Gasteiger partial charge on any atom is 0.339 e. The lowest BCUT2D eigenvalue weighted by Gasteiger charge is -2.10. The third-order valence-electron chi connectivity index (χ3n) is 2.59. The molecule has 0 aliphatic heterocycles. The van der Waals surface area contributed by atoms with Gasteiger partial charge in [-0.05, 0) is 39.2 Å². The normalized spacial score (nSPS) is 10.1. The fraction of sp³-hybridized carbons (Fsp3) is 0.0714. The summed E-state index contributed by atoms with van der Waals surface area (Å²) in [5.74, 6) is -0.674. The second-order valence-corrected chi connectivity index (χ2v) is 4.56. The molecular formula is C14H11BrO3. The molecule has 0 atom stereocenters. The number of aromatic carboxylic acids is 1. The average Bonchev–Trinajstić information content (AvgIpc) is 2.38. The van der Waals surface area contributed by atoms with Gasteiger partial charge in [0.15, 0.2) is 0 Å². The lowest BCUT2D eigenvalue weighted by Crippen LogP contribution is -2.01. The Morgan fingerprint density at radius 3 is 2.39 bits per heavy atom. The van der Waals surface area contributed by atoms with Crippen molar-refractivity contribution in [2.24, 2.45) is 0 Å². The maximum absolute atomic E-state index is 11.2. The molecular weight excluding hydrogens is 296 g/mol. The monoisotopic (exact) mass is 306 g/mol. The van der Waals surface area contributed by atoms with Crippen LogP contribution in [0, 0.1) is 0 Å². The Balaban J connectivity index is 2.62. The number of ether oxygens (including phenoxy) is 1. The summed E-state index contributed by atoms with van der Waals surface area (Å²) in [5, 5.41) is 9.19. The lowest BCUT2D eigenvalue weighted by atomic mass is 10.0. The van der Waals surface area contributed by atoms with Gasteiger partial charge >= 0.3 is 5.97 Å². The zero-order valence-corrected chi connectivity index (χ0v) is 11.3. The summed E-state index contributed by atoms with van der Waals surface area (Å²) in [6.07, 6.45) is 0. The van der Waals surface area contributed by atoms with Gasteiger partial charge in [-0.3, -0.25) is 0 Å². The van der Waals surface area contributed by atoms with E-state index in [0.29, 0.717) is 10.2 Å². The van der Waals surface area contributed by atoms with Crippen LogP contribution in [0.1, 0.15) is 10.4 Å². The molecule has 2 rings (SSSR count). The summed E-state index contributed by atoms with van der Waals surface area (Å²) in [7, 11) is 1.45. The molecule has 2 aromatic carbocycles. The van der Waals surface area contributed by atoms with Gasteiger partial charge in [-0.25, -0.2) is 4.79 Å². The Morgan fingerprint density at radius 1 is 1.17 bits per heavy atom. The highest BCUT2D eigenvalue weighted by molar-refractivity contribution is 9.10. The Bertz CT molecular complexity index is 579. The molecule has 0 bridgehead atoms. The molecule has 0 saturated carbocycles. The van der Waals surface area contributed by atoms with Crippen LogP contribution in [-0.2, 0) is 0 Å². The van der Waals surface area contributed by atoms with Crippen LogP contribution in [-0.4, -0.2) is 18.2 Å². The molecule has 0 aliphatic rings. The molecule has 92 valence electrons. The Hall–Kier alpha value is -1.81. The van der Waals surface area contributed by atoms with Crippen molar-refractivity contribution in [1.82, 2.24) is 0 Å². The van der Waals surface area contributed by atoms with E-state index in [-0.39, 0.29) is 5.56 Å². The quantitative estimate of drug-likeness (QED) is 0.937. The average molecular weight is 307 g/mol. The van der Waals surface area contributed by atoms with E-state index < -0.39 is 5.97 Å². The van der Waals surface area contributed by atoms with Gasteiger partial charge in [0.25, 0.3) is 0 Å². The lowest BCUT2D eigenvalue weighted by molar-refractivity contribution is 0.0693. The number of rotatable bonds is 3. The predicted molar refractivity (Wildman–Crippen MR) is 73.1 cm³/mol. The van der Waals surface area contributed by atoms with Gasteiger partial charge in [0.05, 0.1) is 11.6 Å². The van der Waals surface area contributed by atoms with Crippen molar-refractivity contribution >= 4 is 21.9 Å². The highest BCUT2D eigenvalue weighted by atomic mass is 79.9. The summed E-state index contributed by atoms with van der Waals surface area (Å²) >= 11 is 3.34. The molecule has 0 radical (unpaired) electrons. The van der Waals surface area contributed by atoms with Crippen molar-refractivity contribution in [3.8, 4) is 16.9 Å². The number of methoxy groups -OCH3 is 1. The molecule has 0 saturated heterocycles. The summed E-state index contributed by atoms with van der Waals surface area (Å²) in [4.78, 5) is 11.2. The first kappa shape index (κ1) is 12.6. The summed E-state index contributed by atoms with van der Waals surface area (Å²) < 4.78 is 5.73. The van der Waals surface area contributed by atoms with Crippen molar-refractivity contribution in [2.45, 2.75) is 0 Å². The first-order valence-electron chi connectivity index (χ1n) is 5.29. The van der Waals surface area contributed by atoms with E-state index in [0.717, 1.165) is 11.1 Å².